The summed E-state index contributed by atoms with van der Waals surface area (Å²) in [5.74, 6) is 15.0. The Bertz CT molecular complexity index is 885. The summed E-state index contributed by atoms with van der Waals surface area (Å²) in [5, 5.41) is 0. The predicted molar refractivity (Wildman–Crippen MR) is 134 cm³/mol. The van der Waals surface area contributed by atoms with Gasteiger partial charge in [0.1, 0.15) is 0 Å². The molecule has 0 heterocycles. The standard InChI is InChI=1S/C31H38/c1-3-5-6-7-8-9-27-14-16-29(17-15-27)20-21-31-24-22-30(23-25-31)19-18-28-12-10-26(4-2)11-13-28/h14-17,22-26,28H,3-7,10-13,18-19H2,1-2H3/t26-,28-. The quantitative estimate of drug-likeness (QED) is 0.319. The van der Waals surface area contributed by atoms with Crippen LogP contribution in [-0.4, -0.2) is 0 Å². The fourth-order valence-electron chi connectivity index (χ4n) is 4.46. The van der Waals surface area contributed by atoms with Crippen LogP contribution in [0.1, 0.15) is 100 Å². The van der Waals surface area contributed by atoms with Gasteiger partial charge in [-0.2, -0.15) is 0 Å². The zero-order chi connectivity index (χ0) is 21.7. The van der Waals surface area contributed by atoms with E-state index in [1.54, 1.807) is 0 Å². The van der Waals surface area contributed by atoms with Crippen LogP contribution in [0.15, 0.2) is 48.5 Å². The smallest absolute Gasteiger partial charge is 0.0249 e. The van der Waals surface area contributed by atoms with Gasteiger partial charge in [-0.15, -0.1) is 0 Å². The van der Waals surface area contributed by atoms with Crippen molar-refractivity contribution < 1.29 is 0 Å². The van der Waals surface area contributed by atoms with Crippen LogP contribution in [0.5, 0.6) is 0 Å². The maximum atomic E-state index is 3.30. The number of hydrogen-bond donors (Lipinski definition) is 0. The molecular formula is C31H38. The summed E-state index contributed by atoms with van der Waals surface area (Å²) in [5.41, 5.74) is 4.66. The molecule has 0 N–H and O–H groups in total. The van der Waals surface area contributed by atoms with Crippen molar-refractivity contribution in [3.63, 3.8) is 0 Å². The van der Waals surface area contributed by atoms with Crippen LogP contribution >= 0.6 is 0 Å². The van der Waals surface area contributed by atoms with E-state index in [0.717, 1.165) is 34.9 Å². The summed E-state index contributed by atoms with van der Waals surface area (Å²) in [7, 11) is 0. The van der Waals surface area contributed by atoms with Gasteiger partial charge in [-0.25, -0.2) is 0 Å². The summed E-state index contributed by atoms with van der Waals surface area (Å²) in [6.07, 6.45) is 14.4. The van der Waals surface area contributed by atoms with Crippen LogP contribution in [0, 0.1) is 35.5 Å². The molecule has 0 bridgehead atoms. The third kappa shape index (κ3) is 8.31. The maximum Gasteiger partial charge on any atom is 0.0249 e. The van der Waals surface area contributed by atoms with Gasteiger partial charge in [-0.05, 0) is 73.1 Å². The lowest BCUT2D eigenvalue weighted by Gasteiger charge is -2.27. The number of benzene rings is 2. The second-order valence-electron chi connectivity index (χ2n) is 9.12. The van der Waals surface area contributed by atoms with Crippen molar-refractivity contribution in [2.75, 3.05) is 0 Å². The average Bonchev–Trinajstić information content (AvgIpc) is 2.83. The second-order valence-corrected chi connectivity index (χ2v) is 9.12. The Kier molecular flexibility index (Phi) is 9.80. The van der Waals surface area contributed by atoms with Crippen LogP contribution in [0.2, 0.25) is 0 Å². The van der Waals surface area contributed by atoms with Gasteiger partial charge >= 0.3 is 0 Å². The third-order valence-corrected chi connectivity index (χ3v) is 6.71. The highest BCUT2D eigenvalue weighted by Crippen LogP contribution is 2.33. The molecule has 0 saturated heterocycles. The van der Waals surface area contributed by atoms with Gasteiger partial charge in [-0.3, -0.25) is 0 Å². The molecule has 0 spiro atoms. The minimum absolute atomic E-state index is 0.936. The fourth-order valence-corrected chi connectivity index (χ4v) is 4.46. The Morgan fingerprint density at radius 2 is 1.23 bits per heavy atom. The molecule has 0 nitrogen and oxygen atoms in total. The highest BCUT2D eigenvalue weighted by atomic mass is 14.2. The Morgan fingerprint density at radius 1 is 0.677 bits per heavy atom. The van der Waals surface area contributed by atoms with Crippen LogP contribution in [-0.2, 0) is 6.42 Å². The number of hydrogen-bond acceptors (Lipinski definition) is 0. The van der Waals surface area contributed by atoms with Gasteiger partial charge in [0, 0.05) is 23.1 Å². The molecule has 0 amide bonds. The molecule has 3 rings (SSSR count). The van der Waals surface area contributed by atoms with Crippen LogP contribution in [0.3, 0.4) is 0 Å². The van der Waals surface area contributed by atoms with Crippen molar-refractivity contribution in [3.05, 3.63) is 70.8 Å². The molecule has 1 aliphatic rings. The van der Waals surface area contributed by atoms with E-state index >= 15 is 0 Å². The van der Waals surface area contributed by atoms with Gasteiger partial charge in [0.05, 0.1) is 0 Å². The monoisotopic (exact) mass is 410 g/mol. The summed E-state index contributed by atoms with van der Waals surface area (Å²) < 4.78 is 0. The number of aryl methyl sites for hydroxylation is 1. The summed E-state index contributed by atoms with van der Waals surface area (Å²) >= 11 is 0. The zero-order valence-corrected chi connectivity index (χ0v) is 19.6. The molecule has 2 aromatic rings. The largest absolute Gasteiger partial charge is 0.0979 e. The third-order valence-electron chi connectivity index (χ3n) is 6.71. The molecule has 0 atom stereocenters. The van der Waals surface area contributed by atoms with Crippen LogP contribution < -0.4 is 0 Å². The maximum absolute atomic E-state index is 3.30. The summed E-state index contributed by atoms with van der Waals surface area (Å²) in [6.45, 7) is 4.57. The molecule has 2 aromatic carbocycles. The topological polar surface area (TPSA) is 0 Å². The normalized spacial score (nSPS) is 17.9. The number of unbranched alkanes of at least 4 members (excludes halogenated alkanes) is 3. The SMILES string of the molecule is CCCCCC#Cc1ccc(C#Cc2ccc(CC[C@H]3CC[C@H](CC)CC3)cc2)cc1. The van der Waals surface area contributed by atoms with E-state index in [2.05, 4.69) is 86.1 Å². The minimum atomic E-state index is 0.936. The van der Waals surface area contributed by atoms with Gasteiger partial charge in [0.25, 0.3) is 0 Å². The van der Waals surface area contributed by atoms with E-state index < -0.39 is 0 Å². The van der Waals surface area contributed by atoms with Crippen molar-refractivity contribution in [2.45, 2.75) is 84.5 Å². The Morgan fingerprint density at radius 3 is 1.81 bits per heavy atom. The lowest BCUT2D eigenvalue weighted by atomic mass is 9.78. The molecule has 0 aromatic heterocycles. The summed E-state index contributed by atoms with van der Waals surface area (Å²) in [6, 6.07) is 17.2. The van der Waals surface area contributed by atoms with Crippen molar-refractivity contribution in [2.24, 2.45) is 11.8 Å². The molecule has 1 aliphatic carbocycles. The highest BCUT2D eigenvalue weighted by Gasteiger charge is 2.19. The van der Waals surface area contributed by atoms with E-state index in [-0.39, 0.29) is 0 Å². The first kappa shape index (κ1) is 23.2. The van der Waals surface area contributed by atoms with E-state index in [0.29, 0.717) is 0 Å². The molecule has 0 aliphatic heterocycles. The molecule has 1 fully saturated rings. The lowest BCUT2D eigenvalue weighted by Crippen LogP contribution is -2.14. The average molecular weight is 411 g/mol. The molecule has 1 saturated carbocycles. The van der Waals surface area contributed by atoms with Gasteiger partial charge in [0.15, 0.2) is 0 Å². The predicted octanol–water partition coefficient (Wildman–Crippen LogP) is 8.17. The molecule has 162 valence electrons. The molecular weight excluding hydrogens is 372 g/mol. The van der Waals surface area contributed by atoms with Gasteiger partial charge in [0.2, 0.25) is 0 Å². The van der Waals surface area contributed by atoms with E-state index in [1.165, 1.54) is 69.8 Å². The first-order valence-corrected chi connectivity index (χ1v) is 12.5. The Hall–Kier alpha value is -2.44. The van der Waals surface area contributed by atoms with Crippen LogP contribution in [0.4, 0.5) is 0 Å². The van der Waals surface area contributed by atoms with E-state index in [9.17, 15) is 0 Å². The molecule has 0 heteroatoms. The van der Waals surface area contributed by atoms with Crippen molar-refractivity contribution in [1.82, 2.24) is 0 Å². The van der Waals surface area contributed by atoms with Crippen molar-refractivity contribution in [3.8, 4) is 23.7 Å². The minimum Gasteiger partial charge on any atom is -0.0979 e. The lowest BCUT2D eigenvalue weighted by molar-refractivity contribution is 0.259. The van der Waals surface area contributed by atoms with Crippen LogP contribution in [0.25, 0.3) is 0 Å². The van der Waals surface area contributed by atoms with E-state index in [1.807, 2.05) is 0 Å². The van der Waals surface area contributed by atoms with Gasteiger partial charge < -0.3 is 0 Å². The molecule has 0 radical (unpaired) electrons. The Labute approximate surface area is 190 Å². The first-order valence-electron chi connectivity index (χ1n) is 12.5. The van der Waals surface area contributed by atoms with E-state index in [4.69, 9.17) is 0 Å². The zero-order valence-electron chi connectivity index (χ0n) is 19.6. The van der Waals surface area contributed by atoms with Gasteiger partial charge in [-0.1, -0.05) is 94.6 Å². The fraction of sp³-hybridized carbons (Fsp3) is 0.484. The number of rotatable bonds is 7. The summed E-state index contributed by atoms with van der Waals surface area (Å²) in [4.78, 5) is 0. The molecule has 31 heavy (non-hydrogen) atoms. The van der Waals surface area contributed by atoms with Crippen molar-refractivity contribution in [1.29, 1.82) is 0 Å². The first-order chi connectivity index (χ1) is 15.3. The van der Waals surface area contributed by atoms with Crippen molar-refractivity contribution >= 4 is 0 Å². The molecule has 0 unspecified atom stereocenters. The highest BCUT2D eigenvalue weighted by molar-refractivity contribution is 5.46. The Balaban J connectivity index is 1.46. The second kappa shape index (κ2) is 13.1.